The monoisotopic (exact) mass is 496 g/mol. The second-order valence-corrected chi connectivity index (χ2v) is 8.42. The van der Waals surface area contributed by atoms with Crippen LogP contribution in [0.1, 0.15) is 36.8 Å². The predicted octanol–water partition coefficient (Wildman–Crippen LogP) is 3.48. The van der Waals surface area contributed by atoms with E-state index in [1.165, 1.54) is 5.56 Å². The van der Waals surface area contributed by atoms with Gasteiger partial charge in [0, 0.05) is 32.1 Å². The summed E-state index contributed by atoms with van der Waals surface area (Å²) in [6, 6.07) is 18.6. The van der Waals surface area contributed by atoms with Crippen molar-refractivity contribution in [2.24, 2.45) is 0 Å². The molecule has 8 nitrogen and oxygen atoms in total. The third-order valence-electron chi connectivity index (χ3n) is 5.62. The minimum atomic E-state index is -1.27. The van der Waals surface area contributed by atoms with Crippen molar-refractivity contribution in [1.82, 2.24) is 10.2 Å². The molecular formula is C28H36N2O6. The van der Waals surface area contributed by atoms with Crippen molar-refractivity contribution >= 4 is 23.4 Å². The highest BCUT2D eigenvalue weighted by atomic mass is 16.5. The molecule has 194 valence electrons. The molecular weight excluding hydrogens is 460 g/mol. The highest BCUT2D eigenvalue weighted by Gasteiger charge is 2.11. The molecule has 1 heterocycles. The van der Waals surface area contributed by atoms with E-state index in [0.29, 0.717) is 18.1 Å². The topological polar surface area (TPSA) is 116 Å². The molecule has 0 spiro atoms. The molecule has 1 amide bonds. The van der Waals surface area contributed by atoms with Crippen LogP contribution in [-0.2, 0) is 25.5 Å². The average Bonchev–Trinajstić information content (AvgIpc) is 2.89. The maximum atomic E-state index is 11.8. The summed E-state index contributed by atoms with van der Waals surface area (Å²) in [7, 11) is 0. The van der Waals surface area contributed by atoms with Gasteiger partial charge in [-0.2, -0.15) is 0 Å². The normalized spacial score (nSPS) is 13.8. The summed E-state index contributed by atoms with van der Waals surface area (Å²) < 4.78 is 5.32. The van der Waals surface area contributed by atoms with Crippen LogP contribution >= 0.6 is 0 Å². The van der Waals surface area contributed by atoms with Crippen LogP contribution in [0.25, 0.3) is 5.57 Å². The zero-order chi connectivity index (χ0) is 26.0. The third-order valence-corrected chi connectivity index (χ3v) is 5.62. The molecule has 2 aromatic rings. The second kappa shape index (κ2) is 17.0. The largest absolute Gasteiger partial charge is 0.478 e. The average molecular weight is 497 g/mol. The summed E-state index contributed by atoms with van der Waals surface area (Å²) in [5.41, 5.74) is 1.51. The van der Waals surface area contributed by atoms with E-state index in [0.717, 1.165) is 65.1 Å². The molecule has 1 aliphatic rings. The number of carboxylic acid groups (broad SMARTS) is 2. The molecule has 0 unspecified atom stereocenters. The van der Waals surface area contributed by atoms with Crippen LogP contribution in [0.15, 0.2) is 66.7 Å². The van der Waals surface area contributed by atoms with Gasteiger partial charge in [-0.3, -0.25) is 9.69 Å². The van der Waals surface area contributed by atoms with E-state index < -0.39 is 11.9 Å². The zero-order valence-corrected chi connectivity index (χ0v) is 20.6. The highest BCUT2D eigenvalue weighted by molar-refractivity contribution is 6.19. The van der Waals surface area contributed by atoms with Crippen LogP contribution < -0.4 is 5.32 Å². The number of hydrogen-bond donors (Lipinski definition) is 3. The van der Waals surface area contributed by atoms with Crippen LogP contribution in [0.3, 0.4) is 0 Å². The van der Waals surface area contributed by atoms with Crippen LogP contribution in [0.4, 0.5) is 0 Å². The summed E-state index contributed by atoms with van der Waals surface area (Å²) in [5.74, 6) is -2.33. The molecule has 1 saturated heterocycles. The number of amides is 1. The van der Waals surface area contributed by atoms with Gasteiger partial charge in [-0.05, 0) is 43.4 Å². The molecule has 1 fully saturated rings. The molecule has 0 radical (unpaired) electrons. The predicted molar refractivity (Wildman–Crippen MR) is 139 cm³/mol. The Morgan fingerprint density at radius 1 is 0.889 bits per heavy atom. The Morgan fingerprint density at radius 3 is 2.14 bits per heavy atom. The summed E-state index contributed by atoms with van der Waals surface area (Å²) in [4.78, 5) is 35.2. The molecule has 0 saturated carbocycles. The molecule has 0 atom stereocenters. The van der Waals surface area contributed by atoms with E-state index >= 15 is 0 Å². The van der Waals surface area contributed by atoms with Gasteiger partial charge in [0.1, 0.15) is 0 Å². The number of hydrogen-bond acceptors (Lipinski definition) is 5. The lowest BCUT2D eigenvalue weighted by atomic mass is 10.1. The van der Waals surface area contributed by atoms with Gasteiger partial charge in [0.2, 0.25) is 5.91 Å². The fourth-order valence-corrected chi connectivity index (χ4v) is 3.71. The number of carboxylic acids is 2. The summed E-state index contributed by atoms with van der Waals surface area (Å²) in [5, 5.41) is 20.2. The molecule has 2 aromatic carbocycles. The van der Waals surface area contributed by atoms with Gasteiger partial charge in [-0.1, -0.05) is 60.7 Å². The first kappa shape index (κ1) is 28.7. The lowest BCUT2D eigenvalue weighted by Crippen LogP contribution is -2.38. The van der Waals surface area contributed by atoms with E-state index in [2.05, 4.69) is 34.5 Å². The number of morpholine rings is 1. The van der Waals surface area contributed by atoms with Crippen molar-refractivity contribution in [1.29, 1.82) is 0 Å². The van der Waals surface area contributed by atoms with Gasteiger partial charge in [0.05, 0.1) is 18.8 Å². The van der Waals surface area contributed by atoms with Crippen molar-refractivity contribution in [2.45, 2.75) is 32.1 Å². The quantitative estimate of drug-likeness (QED) is 0.304. The number of aryl methyl sites for hydroxylation is 1. The Morgan fingerprint density at radius 2 is 1.53 bits per heavy atom. The molecule has 3 N–H and O–H groups in total. The van der Waals surface area contributed by atoms with Crippen molar-refractivity contribution in [3.63, 3.8) is 0 Å². The van der Waals surface area contributed by atoms with Gasteiger partial charge in [-0.15, -0.1) is 0 Å². The number of benzene rings is 2. The third kappa shape index (κ3) is 12.3. The van der Waals surface area contributed by atoms with Crippen molar-refractivity contribution in [2.75, 3.05) is 39.4 Å². The fourth-order valence-electron chi connectivity index (χ4n) is 3.71. The SMILES string of the molecule is O=C(CCCCc1ccccc1)NCCCN1CCOCC1.O=C(O)/C=C(/C(=O)O)c1ccccc1. The summed E-state index contributed by atoms with van der Waals surface area (Å²) in [6.45, 7) is 5.56. The Bertz CT molecular complexity index is 957. The summed E-state index contributed by atoms with van der Waals surface area (Å²) in [6.07, 6.45) is 5.44. The number of carbonyl (C=O) groups is 3. The van der Waals surface area contributed by atoms with E-state index in [9.17, 15) is 14.4 Å². The van der Waals surface area contributed by atoms with Gasteiger partial charge >= 0.3 is 11.9 Å². The van der Waals surface area contributed by atoms with Crippen LogP contribution in [0.5, 0.6) is 0 Å². The molecule has 0 aliphatic carbocycles. The van der Waals surface area contributed by atoms with E-state index in [-0.39, 0.29) is 11.5 Å². The van der Waals surface area contributed by atoms with Gasteiger partial charge in [0.15, 0.2) is 0 Å². The first-order valence-electron chi connectivity index (χ1n) is 12.3. The number of nitrogens with zero attached hydrogens (tertiary/aromatic N) is 1. The molecule has 0 aromatic heterocycles. The zero-order valence-electron chi connectivity index (χ0n) is 20.6. The Balaban J connectivity index is 0.000000281. The first-order chi connectivity index (χ1) is 17.5. The molecule has 8 heteroatoms. The Kier molecular flexibility index (Phi) is 13.6. The van der Waals surface area contributed by atoms with E-state index in [1.807, 2.05) is 6.07 Å². The van der Waals surface area contributed by atoms with Crippen molar-refractivity contribution in [3.05, 3.63) is 77.9 Å². The van der Waals surface area contributed by atoms with Crippen molar-refractivity contribution < 1.29 is 29.3 Å². The van der Waals surface area contributed by atoms with Crippen LogP contribution in [0.2, 0.25) is 0 Å². The van der Waals surface area contributed by atoms with E-state index in [1.54, 1.807) is 30.3 Å². The van der Waals surface area contributed by atoms with Crippen LogP contribution in [-0.4, -0.2) is 72.4 Å². The maximum Gasteiger partial charge on any atom is 0.336 e. The maximum absolute atomic E-state index is 11.8. The molecule has 1 aliphatic heterocycles. The molecule has 36 heavy (non-hydrogen) atoms. The highest BCUT2D eigenvalue weighted by Crippen LogP contribution is 2.13. The summed E-state index contributed by atoms with van der Waals surface area (Å²) >= 11 is 0. The lowest BCUT2D eigenvalue weighted by Gasteiger charge is -2.26. The first-order valence-corrected chi connectivity index (χ1v) is 12.3. The van der Waals surface area contributed by atoms with Crippen molar-refractivity contribution in [3.8, 4) is 0 Å². The van der Waals surface area contributed by atoms with Gasteiger partial charge in [0.25, 0.3) is 0 Å². The molecule has 3 rings (SSSR count). The Hall–Kier alpha value is -3.49. The molecule has 0 bridgehead atoms. The minimum absolute atomic E-state index is 0.190. The number of aliphatic carboxylic acids is 2. The number of rotatable bonds is 12. The number of unbranched alkanes of at least 4 members (excludes halogenated alkanes) is 1. The van der Waals surface area contributed by atoms with Gasteiger partial charge in [-0.25, -0.2) is 9.59 Å². The van der Waals surface area contributed by atoms with E-state index in [4.69, 9.17) is 14.9 Å². The smallest absolute Gasteiger partial charge is 0.336 e. The van der Waals surface area contributed by atoms with Crippen LogP contribution in [0, 0.1) is 0 Å². The number of carbonyl (C=O) groups excluding carboxylic acids is 1. The minimum Gasteiger partial charge on any atom is -0.478 e. The van der Waals surface area contributed by atoms with Gasteiger partial charge < -0.3 is 20.3 Å². The standard InChI is InChI=1S/C18H28N2O2.C10H8O4/c21-18(10-5-4-9-17-7-2-1-3-8-17)19-11-6-12-20-13-15-22-16-14-20;11-9(12)6-8(10(13)14)7-4-2-1-3-5-7/h1-3,7-8H,4-6,9-16H2,(H,19,21);1-6H,(H,11,12)(H,13,14)/b;8-6+. The number of nitrogens with one attached hydrogen (secondary N) is 1. The second-order valence-electron chi connectivity index (χ2n) is 8.42. The number of ether oxygens (including phenoxy) is 1. The lowest BCUT2D eigenvalue weighted by molar-refractivity contribution is -0.133. The fraction of sp³-hybridized carbons (Fsp3) is 0.393. The Labute approximate surface area is 212 Å².